The van der Waals surface area contributed by atoms with Crippen molar-refractivity contribution in [3.63, 3.8) is 0 Å². The van der Waals surface area contributed by atoms with Gasteiger partial charge >= 0.3 is 6.03 Å². The van der Waals surface area contributed by atoms with Crippen molar-refractivity contribution in [2.75, 3.05) is 13.6 Å². The largest absolute Gasteiger partial charge is 0.339 e. The van der Waals surface area contributed by atoms with E-state index in [0.717, 1.165) is 21.8 Å². The Morgan fingerprint density at radius 1 is 1.22 bits per heavy atom. The molecule has 7 heteroatoms. The standard InChI is InChI=1S/C20H21N3O3S/c1-22(12-16-7-4-10-27-16)17(24)13-23-18(25)20(21-19(23)26)9-8-14-5-2-3-6-15(14)11-20/h2-7,10H,8-9,11-13H2,1H3,(H,21,26)/t20-/m1/s1. The van der Waals surface area contributed by atoms with Crippen LogP contribution in [0, 0.1) is 0 Å². The molecule has 1 aliphatic heterocycles. The minimum absolute atomic E-state index is 0.226. The molecule has 27 heavy (non-hydrogen) atoms. The molecule has 1 spiro atoms. The molecule has 1 N–H and O–H groups in total. The van der Waals surface area contributed by atoms with Gasteiger partial charge in [0.2, 0.25) is 5.91 Å². The topological polar surface area (TPSA) is 69.7 Å². The van der Waals surface area contributed by atoms with Crippen LogP contribution < -0.4 is 5.32 Å². The van der Waals surface area contributed by atoms with Gasteiger partial charge in [0.25, 0.3) is 5.91 Å². The Labute approximate surface area is 161 Å². The number of nitrogens with zero attached hydrogens (tertiary/aromatic N) is 2. The van der Waals surface area contributed by atoms with Crippen LogP contribution in [0.2, 0.25) is 0 Å². The van der Waals surface area contributed by atoms with E-state index in [0.29, 0.717) is 19.4 Å². The van der Waals surface area contributed by atoms with Gasteiger partial charge in [0.1, 0.15) is 12.1 Å². The second kappa shape index (κ2) is 6.81. The van der Waals surface area contributed by atoms with Crippen molar-refractivity contribution in [3.8, 4) is 0 Å². The maximum atomic E-state index is 13.1. The molecule has 1 aromatic carbocycles. The molecule has 6 nitrogen and oxygen atoms in total. The molecular formula is C20H21N3O3S. The summed E-state index contributed by atoms with van der Waals surface area (Å²) in [7, 11) is 1.69. The predicted octanol–water partition coefficient (Wildman–Crippen LogP) is 2.19. The number of hydrogen-bond donors (Lipinski definition) is 1. The monoisotopic (exact) mass is 383 g/mol. The van der Waals surface area contributed by atoms with Gasteiger partial charge in [-0.1, -0.05) is 30.3 Å². The SMILES string of the molecule is CN(Cc1cccs1)C(=O)CN1C(=O)N[C@@]2(CCc3ccccc3C2)C1=O. The molecule has 1 aromatic heterocycles. The average molecular weight is 383 g/mol. The molecule has 0 saturated carbocycles. The lowest BCUT2D eigenvalue weighted by molar-refractivity contribution is -0.138. The van der Waals surface area contributed by atoms with Gasteiger partial charge in [-0.05, 0) is 35.4 Å². The van der Waals surface area contributed by atoms with Crippen molar-refractivity contribution in [2.24, 2.45) is 0 Å². The van der Waals surface area contributed by atoms with Crippen LogP contribution in [-0.4, -0.2) is 46.8 Å². The van der Waals surface area contributed by atoms with Crippen LogP contribution in [0.1, 0.15) is 22.4 Å². The summed E-state index contributed by atoms with van der Waals surface area (Å²) < 4.78 is 0. The molecule has 2 aromatic rings. The summed E-state index contributed by atoms with van der Waals surface area (Å²) >= 11 is 1.57. The molecule has 4 amide bonds. The molecule has 4 rings (SSSR count). The summed E-state index contributed by atoms with van der Waals surface area (Å²) in [6, 6.07) is 11.4. The first-order valence-corrected chi connectivity index (χ1v) is 9.84. The van der Waals surface area contributed by atoms with Gasteiger partial charge in [-0.2, -0.15) is 0 Å². The van der Waals surface area contributed by atoms with Crippen molar-refractivity contribution in [1.29, 1.82) is 0 Å². The fraction of sp³-hybridized carbons (Fsp3) is 0.350. The first-order chi connectivity index (χ1) is 13.0. The number of likely N-dealkylation sites (N-methyl/N-ethyl adjacent to an activating group) is 1. The number of carbonyl (C=O) groups excluding carboxylic acids is 3. The molecular weight excluding hydrogens is 362 g/mol. The highest BCUT2D eigenvalue weighted by Crippen LogP contribution is 2.33. The molecule has 1 fully saturated rings. The number of hydrogen-bond acceptors (Lipinski definition) is 4. The van der Waals surface area contributed by atoms with Gasteiger partial charge < -0.3 is 10.2 Å². The lowest BCUT2D eigenvalue weighted by Gasteiger charge is -2.32. The molecule has 0 unspecified atom stereocenters. The number of thiophene rings is 1. The fourth-order valence-electron chi connectivity index (χ4n) is 3.82. The number of aryl methyl sites for hydroxylation is 1. The smallest absolute Gasteiger partial charge is 0.325 e. The number of carbonyl (C=O) groups is 3. The predicted molar refractivity (Wildman–Crippen MR) is 102 cm³/mol. The van der Waals surface area contributed by atoms with Gasteiger partial charge in [-0.3, -0.25) is 14.5 Å². The Bertz CT molecular complexity index is 896. The van der Waals surface area contributed by atoms with Crippen molar-refractivity contribution >= 4 is 29.2 Å². The van der Waals surface area contributed by atoms with Crippen molar-refractivity contribution < 1.29 is 14.4 Å². The van der Waals surface area contributed by atoms with E-state index in [1.165, 1.54) is 5.56 Å². The summed E-state index contributed by atoms with van der Waals surface area (Å²) in [6.07, 6.45) is 1.77. The van der Waals surface area contributed by atoms with Gasteiger partial charge in [-0.15, -0.1) is 11.3 Å². The molecule has 140 valence electrons. The number of imide groups is 1. The van der Waals surface area contributed by atoms with E-state index in [4.69, 9.17) is 0 Å². The van der Waals surface area contributed by atoms with Crippen molar-refractivity contribution in [3.05, 3.63) is 57.8 Å². The van der Waals surface area contributed by atoms with Crippen molar-refractivity contribution in [1.82, 2.24) is 15.1 Å². The number of fused-ring (bicyclic) bond motifs is 1. The summed E-state index contributed by atoms with van der Waals surface area (Å²) in [5, 5.41) is 4.82. The van der Waals surface area contributed by atoms with Crippen LogP contribution in [0.25, 0.3) is 0 Å². The van der Waals surface area contributed by atoms with E-state index in [1.807, 2.05) is 35.7 Å². The fourth-order valence-corrected chi connectivity index (χ4v) is 4.58. The first kappa shape index (κ1) is 17.7. The van der Waals surface area contributed by atoms with Crippen LogP contribution in [0.5, 0.6) is 0 Å². The maximum absolute atomic E-state index is 13.1. The Morgan fingerprint density at radius 3 is 2.74 bits per heavy atom. The Hall–Kier alpha value is -2.67. The van der Waals surface area contributed by atoms with Crippen LogP contribution in [0.4, 0.5) is 4.79 Å². The van der Waals surface area contributed by atoms with Gasteiger partial charge in [0, 0.05) is 18.3 Å². The Balaban J connectivity index is 1.46. The highest BCUT2D eigenvalue weighted by Gasteiger charge is 2.52. The number of benzene rings is 1. The maximum Gasteiger partial charge on any atom is 0.325 e. The van der Waals surface area contributed by atoms with Crippen LogP contribution in [0.3, 0.4) is 0 Å². The minimum atomic E-state index is -0.919. The average Bonchev–Trinajstić information content (AvgIpc) is 3.24. The van der Waals surface area contributed by atoms with Gasteiger partial charge in [-0.25, -0.2) is 4.79 Å². The van der Waals surface area contributed by atoms with E-state index >= 15 is 0 Å². The lowest BCUT2D eigenvalue weighted by atomic mass is 9.78. The molecule has 0 radical (unpaired) electrons. The molecule has 1 aliphatic carbocycles. The zero-order valence-corrected chi connectivity index (χ0v) is 15.9. The van der Waals surface area contributed by atoms with E-state index in [2.05, 4.69) is 11.4 Å². The van der Waals surface area contributed by atoms with Crippen molar-refractivity contribution in [2.45, 2.75) is 31.3 Å². The number of urea groups is 1. The molecule has 1 saturated heterocycles. The normalized spacial score (nSPS) is 21.3. The summed E-state index contributed by atoms with van der Waals surface area (Å²) in [5.74, 6) is -0.542. The van der Waals surface area contributed by atoms with E-state index in [1.54, 1.807) is 23.3 Å². The Kier molecular flexibility index (Phi) is 4.47. The zero-order chi connectivity index (χ0) is 19.0. The van der Waals surface area contributed by atoms with E-state index in [-0.39, 0.29) is 18.4 Å². The quantitative estimate of drug-likeness (QED) is 0.823. The molecule has 0 bridgehead atoms. The number of rotatable bonds is 4. The van der Waals surface area contributed by atoms with Crippen LogP contribution >= 0.6 is 11.3 Å². The third-order valence-electron chi connectivity index (χ3n) is 5.37. The molecule has 2 aliphatic rings. The summed E-state index contributed by atoms with van der Waals surface area (Å²) in [5.41, 5.74) is 1.38. The zero-order valence-electron chi connectivity index (χ0n) is 15.1. The van der Waals surface area contributed by atoms with Crippen LogP contribution in [0.15, 0.2) is 41.8 Å². The van der Waals surface area contributed by atoms with E-state index in [9.17, 15) is 14.4 Å². The minimum Gasteiger partial charge on any atom is -0.339 e. The second-order valence-corrected chi connectivity index (χ2v) is 8.21. The van der Waals surface area contributed by atoms with E-state index < -0.39 is 11.6 Å². The Morgan fingerprint density at radius 2 is 2.00 bits per heavy atom. The molecule has 2 heterocycles. The van der Waals surface area contributed by atoms with Crippen LogP contribution in [-0.2, 0) is 29.0 Å². The third kappa shape index (κ3) is 3.23. The highest BCUT2D eigenvalue weighted by atomic mass is 32.1. The molecule has 1 atom stereocenters. The summed E-state index contributed by atoms with van der Waals surface area (Å²) in [4.78, 5) is 41.7. The van der Waals surface area contributed by atoms with Gasteiger partial charge in [0.05, 0.1) is 6.54 Å². The number of amides is 4. The highest BCUT2D eigenvalue weighted by molar-refractivity contribution is 7.09. The second-order valence-electron chi connectivity index (χ2n) is 7.18. The third-order valence-corrected chi connectivity index (χ3v) is 6.23. The van der Waals surface area contributed by atoms with Gasteiger partial charge in [0.15, 0.2) is 0 Å². The lowest BCUT2D eigenvalue weighted by Crippen LogP contribution is -2.51. The first-order valence-electron chi connectivity index (χ1n) is 8.96. The number of nitrogens with one attached hydrogen (secondary N) is 1. The summed E-state index contributed by atoms with van der Waals surface area (Å²) in [6.45, 7) is 0.245.